The molecule has 0 spiro atoms. The molecule has 2 bridgehead atoms. The lowest BCUT2D eigenvalue weighted by atomic mass is 10.0. The molecule has 0 unspecified atom stereocenters. The van der Waals surface area contributed by atoms with Crippen molar-refractivity contribution in [2.75, 3.05) is 0 Å². The number of hydrogen-bond acceptors (Lipinski definition) is 1. The Kier molecular flexibility index (Phi) is 0.770. The minimum absolute atomic E-state index is 0.0845. The average molecular weight is 110 g/mol. The van der Waals surface area contributed by atoms with Gasteiger partial charge in [0.05, 0.1) is 6.10 Å². The largest absolute Gasteiger partial charge is 0.389 e. The average Bonchev–Trinajstić information content (AvgIpc) is 2.23. The Hall–Kier alpha value is -0.300. The van der Waals surface area contributed by atoms with Crippen molar-refractivity contribution >= 4 is 0 Å². The first-order chi connectivity index (χ1) is 3.86. The molecule has 0 saturated heterocycles. The Morgan fingerprint density at radius 3 is 2.75 bits per heavy atom. The Bertz CT molecular complexity index is 137. The van der Waals surface area contributed by atoms with Crippen LogP contribution in [0.2, 0.25) is 0 Å². The van der Waals surface area contributed by atoms with Crippen LogP contribution in [0.25, 0.3) is 0 Å². The summed E-state index contributed by atoms with van der Waals surface area (Å²) in [6.07, 6.45) is 5.60. The molecule has 1 nitrogen and oxygen atoms in total. The maximum absolute atomic E-state index is 9.14. The summed E-state index contributed by atoms with van der Waals surface area (Å²) in [5.74, 6) is 0.602. The van der Waals surface area contributed by atoms with Gasteiger partial charge >= 0.3 is 0 Å². The summed E-state index contributed by atoms with van der Waals surface area (Å²) in [5.41, 5.74) is 1.49. The SMILES string of the molecule is O[C@@H]1C=C2CC[C@@H]1C2. The second-order valence-corrected chi connectivity index (χ2v) is 2.82. The van der Waals surface area contributed by atoms with Gasteiger partial charge in [-0.05, 0) is 25.2 Å². The molecule has 0 radical (unpaired) electrons. The van der Waals surface area contributed by atoms with Crippen molar-refractivity contribution in [1.82, 2.24) is 0 Å². The second-order valence-electron chi connectivity index (χ2n) is 2.82. The van der Waals surface area contributed by atoms with Crippen LogP contribution in [-0.4, -0.2) is 11.2 Å². The number of aliphatic hydroxyl groups excluding tert-OH is 1. The smallest absolute Gasteiger partial charge is 0.0754 e. The van der Waals surface area contributed by atoms with Gasteiger partial charge in [0.2, 0.25) is 0 Å². The Morgan fingerprint density at radius 2 is 2.50 bits per heavy atom. The molecule has 0 aromatic rings. The normalized spacial score (nSPS) is 42.9. The highest BCUT2D eigenvalue weighted by Gasteiger charge is 2.30. The molecule has 0 aromatic carbocycles. The zero-order valence-corrected chi connectivity index (χ0v) is 4.80. The van der Waals surface area contributed by atoms with E-state index in [-0.39, 0.29) is 6.10 Å². The van der Waals surface area contributed by atoms with E-state index in [1.807, 2.05) is 6.08 Å². The van der Waals surface area contributed by atoms with E-state index in [4.69, 9.17) is 5.11 Å². The molecule has 1 saturated carbocycles. The van der Waals surface area contributed by atoms with Crippen LogP contribution in [0.1, 0.15) is 19.3 Å². The Morgan fingerprint density at radius 1 is 1.62 bits per heavy atom. The quantitative estimate of drug-likeness (QED) is 0.463. The maximum atomic E-state index is 9.14. The molecule has 0 heterocycles. The number of aliphatic hydroxyl groups is 1. The summed E-state index contributed by atoms with van der Waals surface area (Å²) in [6.45, 7) is 0. The first-order valence-electron chi connectivity index (χ1n) is 3.24. The van der Waals surface area contributed by atoms with Gasteiger partial charge in [-0.15, -0.1) is 0 Å². The van der Waals surface area contributed by atoms with E-state index in [1.54, 1.807) is 0 Å². The minimum Gasteiger partial charge on any atom is -0.389 e. The van der Waals surface area contributed by atoms with Crippen molar-refractivity contribution < 1.29 is 5.11 Å². The third kappa shape index (κ3) is 0.451. The fraction of sp³-hybridized carbons (Fsp3) is 0.714. The van der Waals surface area contributed by atoms with Crippen LogP contribution in [0.4, 0.5) is 0 Å². The summed E-state index contributed by atoms with van der Waals surface area (Å²) < 4.78 is 0. The van der Waals surface area contributed by atoms with Crippen LogP contribution in [0, 0.1) is 5.92 Å². The predicted molar refractivity (Wildman–Crippen MR) is 31.4 cm³/mol. The molecular weight excluding hydrogens is 100 g/mol. The van der Waals surface area contributed by atoms with Crippen molar-refractivity contribution in [3.05, 3.63) is 11.6 Å². The van der Waals surface area contributed by atoms with E-state index in [0.29, 0.717) is 5.92 Å². The van der Waals surface area contributed by atoms with Crippen LogP contribution in [0.15, 0.2) is 11.6 Å². The first kappa shape index (κ1) is 4.57. The lowest BCUT2D eigenvalue weighted by Gasteiger charge is -2.09. The second kappa shape index (κ2) is 1.35. The molecule has 2 aliphatic rings. The first-order valence-corrected chi connectivity index (χ1v) is 3.24. The molecule has 0 aromatic heterocycles. The molecular formula is C7H10O. The molecule has 2 rings (SSSR count). The number of rotatable bonds is 0. The van der Waals surface area contributed by atoms with Gasteiger partial charge in [0.25, 0.3) is 0 Å². The molecule has 2 atom stereocenters. The zero-order valence-electron chi connectivity index (χ0n) is 4.80. The molecule has 8 heavy (non-hydrogen) atoms. The summed E-state index contributed by atoms with van der Waals surface area (Å²) in [7, 11) is 0. The van der Waals surface area contributed by atoms with Gasteiger partial charge in [-0.25, -0.2) is 0 Å². The molecule has 44 valence electrons. The maximum Gasteiger partial charge on any atom is 0.0754 e. The van der Waals surface area contributed by atoms with Crippen LogP contribution in [0.5, 0.6) is 0 Å². The standard InChI is InChI=1S/C7H10O/c8-7-4-5-1-2-6(7)3-5/h4,6-8H,1-3H2/t6-,7-/m1/s1. The monoisotopic (exact) mass is 110 g/mol. The summed E-state index contributed by atoms with van der Waals surface area (Å²) in [4.78, 5) is 0. The number of allylic oxidation sites excluding steroid dienone is 1. The van der Waals surface area contributed by atoms with Crippen LogP contribution < -0.4 is 0 Å². The number of hydrogen-bond donors (Lipinski definition) is 1. The fourth-order valence-electron chi connectivity index (χ4n) is 1.73. The van der Waals surface area contributed by atoms with Crippen molar-refractivity contribution in [2.24, 2.45) is 5.92 Å². The van der Waals surface area contributed by atoms with Gasteiger partial charge in [-0.2, -0.15) is 0 Å². The van der Waals surface area contributed by atoms with E-state index >= 15 is 0 Å². The zero-order chi connectivity index (χ0) is 5.56. The van der Waals surface area contributed by atoms with Gasteiger partial charge in [0, 0.05) is 0 Å². The van der Waals surface area contributed by atoms with E-state index in [0.717, 1.165) is 0 Å². The Labute approximate surface area is 49.0 Å². The summed E-state index contributed by atoms with van der Waals surface area (Å²) in [5, 5.41) is 9.14. The third-order valence-corrected chi connectivity index (χ3v) is 2.25. The van der Waals surface area contributed by atoms with Crippen molar-refractivity contribution in [3.8, 4) is 0 Å². The molecule has 1 heteroatoms. The molecule has 0 amide bonds. The van der Waals surface area contributed by atoms with Crippen LogP contribution in [0.3, 0.4) is 0 Å². The van der Waals surface area contributed by atoms with Crippen LogP contribution >= 0.6 is 0 Å². The van der Waals surface area contributed by atoms with Gasteiger partial charge in [-0.3, -0.25) is 0 Å². The topological polar surface area (TPSA) is 20.2 Å². The minimum atomic E-state index is -0.0845. The highest BCUT2D eigenvalue weighted by molar-refractivity contribution is 5.19. The molecule has 1 N–H and O–H groups in total. The molecule has 2 aliphatic carbocycles. The molecule has 0 aliphatic heterocycles. The van der Waals surface area contributed by atoms with Crippen molar-refractivity contribution in [2.45, 2.75) is 25.4 Å². The van der Waals surface area contributed by atoms with E-state index in [1.165, 1.54) is 24.8 Å². The van der Waals surface area contributed by atoms with E-state index < -0.39 is 0 Å². The number of fused-ring (bicyclic) bond motifs is 2. The molecule has 1 fully saturated rings. The highest BCUT2D eigenvalue weighted by atomic mass is 16.3. The van der Waals surface area contributed by atoms with Crippen molar-refractivity contribution in [3.63, 3.8) is 0 Å². The van der Waals surface area contributed by atoms with E-state index in [2.05, 4.69) is 0 Å². The van der Waals surface area contributed by atoms with Gasteiger partial charge < -0.3 is 5.11 Å². The lowest BCUT2D eigenvalue weighted by molar-refractivity contribution is 0.163. The van der Waals surface area contributed by atoms with Crippen molar-refractivity contribution in [1.29, 1.82) is 0 Å². The fourth-order valence-corrected chi connectivity index (χ4v) is 1.73. The van der Waals surface area contributed by atoms with E-state index in [9.17, 15) is 0 Å². The summed E-state index contributed by atoms with van der Waals surface area (Å²) in [6, 6.07) is 0. The predicted octanol–water partition coefficient (Wildman–Crippen LogP) is 1.09. The van der Waals surface area contributed by atoms with Gasteiger partial charge in [0.15, 0.2) is 0 Å². The highest BCUT2D eigenvalue weighted by Crippen LogP contribution is 2.39. The van der Waals surface area contributed by atoms with Gasteiger partial charge in [-0.1, -0.05) is 11.6 Å². The third-order valence-electron chi connectivity index (χ3n) is 2.25. The lowest BCUT2D eigenvalue weighted by Crippen LogP contribution is -2.11. The van der Waals surface area contributed by atoms with Gasteiger partial charge in [0.1, 0.15) is 0 Å². The Balaban J connectivity index is 2.28. The van der Waals surface area contributed by atoms with Crippen LogP contribution in [-0.2, 0) is 0 Å². The summed E-state index contributed by atoms with van der Waals surface area (Å²) >= 11 is 0.